The lowest BCUT2D eigenvalue weighted by molar-refractivity contribution is -0.130. The van der Waals surface area contributed by atoms with Gasteiger partial charge < -0.3 is 10.1 Å². The van der Waals surface area contributed by atoms with Gasteiger partial charge in [-0.2, -0.15) is 0 Å². The van der Waals surface area contributed by atoms with Crippen LogP contribution in [0, 0.1) is 0 Å². The Morgan fingerprint density at radius 1 is 1.23 bits per heavy atom. The van der Waals surface area contributed by atoms with Crippen LogP contribution in [0.15, 0.2) is 53.5 Å². The Kier molecular flexibility index (Phi) is 7.76. The van der Waals surface area contributed by atoms with E-state index in [1.165, 1.54) is 11.8 Å². The first-order valence-electron chi connectivity index (χ1n) is 9.72. The number of methoxy groups -OCH3 is 1. The van der Waals surface area contributed by atoms with Gasteiger partial charge in [-0.3, -0.25) is 14.5 Å². The van der Waals surface area contributed by atoms with Gasteiger partial charge in [-0.05, 0) is 55.3 Å². The molecule has 158 valence electrons. The molecule has 1 fully saturated rings. The number of hydrogen-bond donors (Lipinski definition) is 1. The summed E-state index contributed by atoms with van der Waals surface area (Å²) in [6.45, 7) is 2.86. The molecular weight excluding hydrogens is 422 g/mol. The van der Waals surface area contributed by atoms with Crippen LogP contribution >= 0.6 is 23.4 Å². The van der Waals surface area contributed by atoms with E-state index < -0.39 is 5.25 Å². The van der Waals surface area contributed by atoms with Crippen LogP contribution in [0.3, 0.4) is 0 Å². The molecule has 30 heavy (non-hydrogen) atoms. The molecule has 1 saturated heterocycles. The summed E-state index contributed by atoms with van der Waals surface area (Å²) in [5, 5.41) is 3.52. The van der Waals surface area contributed by atoms with Crippen LogP contribution in [-0.2, 0) is 16.0 Å². The second-order valence-electron chi connectivity index (χ2n) is 6.72. The number of rotatable bonds is 7. The van der Waals surface area contributed by atoms with Crippen molar-refractivity contribution in [3.05, 3.63) is 59.1 Å². The SMILES string of the molecule is CCNC(=O)C1CC(=O)N(CCc2ccc(Cl)cc2)C(=Nc2ccc(OC)cc2)S1. The number of carbonyl (C=O) groups excluding carboxylic acids is 2. The lowest BCUT2D eigenvalue weighted by Gasteiger charge is -2.31. The first-order chi connectivity index (χ1) is 14.5. The normalized spacial score (nSPS) is 17.8. The molecule has 6 nitrogen and oxygen atoms in total. The minimum absolute atomic E-state index is 0.105. The van der Waals surface area contributed by atoms with Gasteiger partial charge in [0.05, 0.1) is 18.0 Å². The maximum atomic E-state index is 12.9. The van der Waals surface area contributed by atoms with E-state index in [2.05, 4.69) is 10.3 Å². The first-order valence-corrected chi connectivity index (χ1v) is 11.0. The van der Waals surface area contributed by atoms with Crippen molar-refractivity contribution in [1.82, 2.24) is 10.2 Å². The molecule has 0 spiro atoms. The summed E-state index contributed by atoms with van der Waals surface area (Å²) in [5.74, 6) is 0.480. The number of nitrogens with zero attached hydrogens (tertiary/aromatic N) is 2. The fourth-order valence-corrected chi connectivity index (χ4v) is 4.28. The average Bonchev–Trinajstić information content (AvgIpc) is 2.75. The maximum Gasteiger partial charge on any atom is 0.234 e. The molecule has 0 aromatic heterocycles. The van der Waals surface area contributed by atoms with Gasteiger partial charge in [-0.1, -0.05) is 35.5 Å². The van der Waals surface area contributed by atoms with Crippen molar-refractivity contribution >= 4 is 46.0 Å². The largest absolute Gasteiger partial charge is 0.497 e. The topological polar surface area (TPSA) is 71.0 Å². The third-order valence-corrected chi connectivity index (χ3v) is 6.06. The first kappa shape index (κ1) is 22.2. The van der Waals surface area contributed by atoms with E-state index in [0.29, 0.717) is 35.4 Å². The Morgan fingerprint density at radius 3 is 2.57 bits per heavy atom. The van der Waals surface area contributed by atoms with Crippen LogP contribution in [-0.4, -0.2) is 47.3 Å². The van der Waals surface area contributed by atoms with Gasteiger partial charge >= 0.3 is 0 Å². The van der Waals surface area contributed by atoms with Crippen LogP contribution in [0.2, 0.25) is 5.02 Å². The second-order valence-corrected chi connectivity index (χ2v) is 8.33. The highest BCUT2D eigenvalue weighted by Gasteiger charge is 2.35. The van der Waals surface area contributed by atoms with Crippen LogP contribution < -0.4 is 10.1 Å². The van der Waals surface area contributed by atoms with Crippen molar-refractivity contribution in [1.29, 1.82) is 0 Å². The highest BCUT2D eigenvalue weighted by molar-refractivity contribution is 8.15. The summed E-state index contributed by atoms with van der Waals surface area (Å²) in [7, 11) is 1.60. The second kappa shape index (κ2) is 10.5. The van der Waals surface area contributed by atoms with Crippen LogP contribution in [0.25, 0.3) is 0 Å². The quantitative estimate of drug-likeness (QED) is 0.697. The van der Waals surface area contributed by atoms with Crippen LogP contribution in [0.4, 0.5) is 5.69 Å². The molecule has 0 bridgehead atoms. The Morgan fingerprint density at radius 2 is 1.93 bits per heavy atom. The van der Waals surface area contributed by atoms with E-state index in [0.717, 1.165) is 11.3 Å². The van der Waals surface area contributed by atoms with E-state index in [-0.39, 0.29) is 18.2 Å². The van der Waals surface area contributed by atoms with E-state index >= 15 is 0 Å². The van der Waals surface area contributed by atoms with Crippen molar-refractivity contribution in [3.8, 4) is 5.75 Å². The Balaban J connectivity index is 1.83. The molecular formula is C22H24ClN3O3S. The molecule has 0 aliphatic carbocycles. The minimum atomic E-state index is -0.485. The number of thioether (sulfide) groups is 1. The van der Waals surface area contributed by atoms with Gasteiger partial charge in [0.2, 0.25) is 11.8 Å². The predicted molar refractivity (Wildman–Crippen MR) is 122 cm³/mol. The Bertz CT molecular complexity index is 916. The number of benzene rings is 2. The number of aliphatic imine (C=N–C) groups is 1. The summed E-state index contributed by atoms with van der Waals surface area (Å²) in [4.78, 5) is 31.6. The fraction of sp³-hybridized carbons (Fsp3) is 0.318. The van der Waals surface area contributed by atoms with Gasteiger partial charge in [0.25, 0.3) is 0 Å². The van der Waals surface area contributed by atoms with E-state index in [9.17, 15) is 9.59 Å². The zero-order valence-corrected chi connectivity index (χ0v) is 18.5. The summed E-state index contributed by atoms with van der Waals surface area (Å²) >= 11 is 7.28. The summed E-state index contributed by atoms with van der Waals surface area (Å²) in [6, 6.07) is 14.8. The van der Waals surface area contributed by atoms with Crippen LogP contribution in [0.1, 0.15) is 18.9 Å². The molecule has 0 radical (unpaired) electrons. The molecule has 0 saturated carbocycles. The van der Waals surface area contributed by atoms with Crippen molar-refractivity contribution in [3.63, 3.8) is 0 Å². The van der Waals surface area contributed by atoms with Crippen molar-refractivity contribution < 1.29 is 14.3 Å². The minimum Gasteiger partial charge on any atom is -0.497 e. The smallest absolute Gasteiger partial charge is 0.234 e. The molecule has 1 heterocycles. The fourth-order valence-electron chi connectivity index (χ4n) is 3.01. The number of ether oxygens (including phenoxy) is 1. The lowest BCUT2D eigenvalue weighted by Crippen LogP contribution is -2.47. The van der Waals surface area contributed by atoms with Gasteiger partial charge in [0, 0.05) is 24.5 Å². The number of amidine groups is 1. The van der Waals surface area contributed by atoms with Crippen molar-refractivity contribution in [2.75, 3.05) is 20.2 Å². The molecule has 2 aromatic carbocycles. The monoisotopic (exact) mass is 445 g/mol. The number of nitrogens with one attached hydrogen (secondary N) is 1. The molecule has 3 rings (SSSR count). The van der Waals surface area contributed by atoms with E-state index in [1.54, 1.807) is 12.0 Å². The Hall–Kier alpha value is -2.51. The maximum absolute atomic E-state index is 12.9. The number of hydrogen-bond acceptors (Lipinski definition) is 5. The third-order valence-electron chi connectivity index (χ3n) is 4.62. The number of carbonyl (C=O) groups is 2. The van der Waals surface area contributed by atoms with E-state index in [1.807, 2.05) is 55.5 Å². The Labute approximate surface area is 185 Å². The highest BCUT2D eigenvalue weighted by Crippen LogP contribution is 2.30. The number of halogens is 1. The van der Waals surface area contributed by atoms with Gasteiger partial charge in [0.1, 0.15) is 5.75 Å². The lowest BCUT2D eigenvalue weighted by atomic mass is 10.1. The summed E-state index contributed by atoms with van der Waals surface area (Å²) in [5.41, 5.74) is 1.77. The summed E-state index contributed by atoms with van der Waals surface area (Å²) < 4.78 is 5.19. The molecule has 2 amide bonds. The molecule has 1 unspecified atom stereocenters. The molecule has 1 N–H and O–H groups in total. The van der Waals surface area contributed by atoms with Gasteiger partial charge in [0.15, 0.2) is 5.17 Å². The van der Waals surface area contributed by atoms with Gasteiger partial charge in [-0.25, -0.2) is 4.99 Å². The number of amides is 2. The standard InChI is InChI=1S/C22H24ClN3O3S/c1-3-24-21(28)19-14-20(27)26(13-12-15-4-6-16(23)7-5-15)22(30-19)25-17-8-10-18(29-2)11-9-17/h4-11,19H,3,12-14H2,1-2H3,(H,24,28). The predicted octanol–water partition coefficient (Wildman–Crippen LogP) is 4.05. The molecule has 2 aromatic rings. The highest BCUT2D eigenvalue weighted by atomic mass is 35.5. The third kappa shape index (κ3) is 5.77. The zero-order chi connectivity index (χ0) is 21.5. The average molecular weight is 446 g/mol. The molecule has 1 aliphatic rings. The summed E-state index contributed by atoms with van der Waals surface area (Å²) in [6.07, 6.45) is 0.815. The van der Waals surface area contributed by atoms with Crippen molar-refractivity contribution in [2.45, 2.75) is 25.0 Å². The van der Waals surface area contributed by atoms with Crippen LogP contribution in [0.5, 0.6) is 5.75 Å². The van der Waals surface area contributed by atoms with Crippen molar-refractivity contribution in [2.24, 2.45) is 4.99 Å². The molecule has 1 aliphatic heterocycles. The van der Waals surface area contributed by atoms with Gasteiger partial charge in [-0.15, -0.1) is 0 Å². The molecule has 8 heteroatoms. The van der Waals surface area contributed by atoms with E-state index in [4.69, 9.17) is 16.3 Å². The zero-order valence-electron chi connectivity index (χ0n) is 16.9. The molecule has 1 atom stereocenters.